The molecule has 0 aliphatic carbocycles. The van der Waals surface area contributed by atoms with Crippen LogP contribution in [0.4, 0.5) is 4.79 Å². The van der Waals surface area contributed by atoms with Crippen LogP contribution in [0.15, 0.2) is 0 Å². The maximum atomic E-state index is 11.4. The Morgan fingerprint density at radius 2 is 2.00 bits per heavy atom. The standard InChI is InChI=1S/C11H22N2O2/c1-9-8-13(10(14)15,11(2,3)4)7-6-12(9)5/h9H,6-8H2,1-5H3/t9-,13?/m0/s1. The highest BCUT2D eigenvalue weighted by atomic mass is 16.4. The molecule has 1 heterocycles. The topological polar surface area (TPSA) is 43.4 Å². The van der Waals surface area contributed by atoms with Crippen molar-refractivity contribution in [3.05, 3.63) is 0 Å². The number of rotatable bonds is 0. The van der Waals surface area contributed by atoms with Crippen molar-refractivity contribution in [2.24, 2.45) is 0 Å². The fourth-order valence-corrected chi connectivity index (χ4v) is 2.28. The molecule has 15 heavy (non-hydrogen) atoms. The van der Waals surface area contributed by atoms with E-state index in [4.69, 9.17) is 0 Å². The van der Waals surface area contributed by atoms with E-state index in [1.165, 1.54) is 0 Å². The van der Waals surface area contributed by atoms with Gasteiger partial charge in [-0.15, -0.1) is 0 Å². The summed E-state index contributed by atoms with van der Waals surface area (Å²) in [4.78, 5) is 13.6. The molecule has 1 aliphatic heterocycles. The van der Waals surface area contributed by atoms with Crippen molar-refractivity contribution < 1.29 is 14.4 Å². The van der Waals surface area contributed by atoms with Crippen LogP contribution in [0.5, 0.6) is 0 Å². The average molecular weight is 214 g/mol. The summed E-state index contributed by atoms with van der Waals surface area (Å²) in [5.41, 5.74) is -0.297. The maximum Gasteiger partial charge on any atom is 0.257 e. The Labute approximate surface area is 92.1 Å². The Morgan fingerprint density at radius 1 is 1.47 bits per heavy atom. The first-order valence-corrected chi connectivity index (χ1v) is 5.50. The molecule has 0 aromatic carbocycles. The van der Waals surface area contributed by atoms with Gasteiger partial charge in [0, 0.05) is 6.54 Å². The van der Waals surface area contributed by atoms with Gasteiger partial charge < -0.3 is 9.90 Å². The molecular weight excluding hydrogens is 192 g/mol. The van der Waals surface area contributed by atoms with Crippen LogP contribution in [-0.2, 0) is 0 Å². The summed E-state index contributed by atoms with van der Waals surface area (Å²) >= 11 is 0. The molecule has 0 aromatic rings. The third-order valence-electron chi connectivity index (χ3n) is 3.80. The minimum atomic E-state index is -0.942. The third-order valence-corrected chi connectivity index (χ3v) is 3.80. The molecule has 1 amide bonds. The van der Waals surface area contributed by atoms with Crippen LogP contribution in [-0.4, -0.2) is 53.7 Å². The van der Waals surface area contributed by atoms with Crippen molar-refractivity contribution in [1.29, 1.82) is 0 Å². The van der Waals surface area contributed by atoms with Crippen LogP contribution in [0.25, 0.3) is 0 Å². The van der Waals surface area contributed by atoms with Crippen LogP contribution in [0, 0.1) is 0 Å². The first kappa shape index (κ1) is 12.5. The van der Waals surface area contributed by atoms with Gasteiger partial charge >= 0.3 is 0 Å². The van der Waals surface area contributed by atoms with Crippen LogP contribution in [0.1, 0.15) is 27.7 Å². The molecule has 2 atom stereocenters. The molecule has 1 rings (SSSR count). The lowest BCUT2D eigenvalue weighted by molar-refractivity contribution is -0.925. The van der Waals surface area contributed by atoms with Crippen LogP contribution < -0.4 is 5.11 Å². The molecule has 0 bridgehead atoms. The summed E-state index contributed by atoms with van der Waals surface area (Å²) in [6.45, 7) is 10.1. The zero-order valence-corrected chi connectivity index (χ0v) is 10.4. The normalized spacial score (nSPS) is 34.1. The van der Waals surface area contributed by atoms with Crippen molar-refractivity contribution in [3.63, 3.8) is 0 Å². The Morgan fingerprint density at radius 3 is 2.33 bits per heavy atom. The lowest BCUT2D eigenvalue weighted by Gasteiger charge is -2.53. The van der Waals surface area contributed by atoms with Gasteiger partial charge in [-0.2, -0.15) is 0 Å². The fraction of sp³-hybridized carbons (Fsp3) is 0.909. The summed E-state index contributed by atoms with van der Waals surface area (Å²) in [6.07, 6.45) is -0.942. The molecule has 0 spiro atoms. The number of amides is 1. The second kappa shape index (κ2) is 3.76. The van der Waals surface area contributed by atoms with Crippen molar-refractivity contribution in [2.75, 3.05) is 26.7 Å². The van der Waals surface area contributed by atoms with E-state index in [0.717, 1.165) is 6.54 Å². The number of piperazine rings is 1. The largest absolute Gasteiger partial charge is 0.498 e. The Hall–Kier alpha value is -0.610. The number of quaternary nitrogens is 1. The monoisotopic (exact) mass is 214 g/mol. The third kappa shape index (κ3) is 2.01. The zero-order chi connectivity index (χ0) is 11.9. The fourth-order valence-electron chi connectivity index (χ4n) is 2.28. The highest BCUT2D eigenvalue weighted by Crippen LogP contribution is 2.28. The molecule has 1 aliphatic rings. The Kier molecular flexibility index (Phi) is 3.12. The minimum absolute atomic E-state index is 0.0680. The summed E-state index contributed by atoms with van der Waals surface area (Å²) in [5.74, 6) is 0. The summed E-state index contributed by atoms with van der Waals surface area (Å²) in [7, 11) is 2.04. The summed E-state index contributed by atoms with van der Waals surface area (Å²) < 4.78 is 0.0680. The van der Waals surface area contributed by atoms with E-state index in [-0.39, 0.29) is 16.1 Å². The SMILES string of the molecule is C[C@H]1C[N+](C(=O)[O-])(C(C)(C)C)CCN1C. The number of carbonyl (C=O) groups is 1. The van der Waals surface area contributed by atoms with E-state index < -0.39 is 6.09 Å². The number of likely N-dealkylation sites (N-methyl/N-ethyl adjacent to an activating group) is 1. The van der Waals surface area contributed by atoms with E-state index in [1.807, 2.05) is 27.8 Å². The van der Waals surface area contributed by atoms with Gasteiger partial charge in [-0.05, 0) is 34.7 Å². The van der Waals surface area contributed by atoms with Crippen LogP contribution in [0.2, 0.25) is 0 Å². The van der Waals surface area contributed by atoms with Crippen LogP contribution >= 0.6 is 0 Å². The number of nitrogens with zero attached hydrogens (tertiary/aromatic N) is 2. The van der Waals surface area contributed by atoms with Crippen molar-refractivity contribution in [2.45, 2.75) is 39.3 Å². The number of carboxylic acid groups (broad SMARTS) is 1. The van der Waals surface area contributed by atoms with Gasteiger partial charge in [0.05, 0.1) is 18.1 Å². The first-order chi connectivity index (χ1) is 6.71. The molecule has 4 heteroatoms. The molecule has 88 valence electrons. The minimum Gasteiger partial charge on any atom is -0.498 e. The lowest BCUT2D eigenvalue weighted by atomic mass is 9.98. The molecule has 0 saturated carbocycles. The van der Waals surface area contributed by atoms with E-state index in [9.17, 15) is 9.90 Å². The van der Waals surface area contributed by atoms with Gasteiger partial charge in [0.2, 0.25) is 0 Å². The lowest BCUT2D eigenvalue weighted by Crippen LogP contribution is -2.74. The molecule has 0 radical (unpaired) electrons. The molecular formula is C11H22N2O2. The van der Waals surface area contributed by atoms with E-state index >= 15 is 0 Å². The molecule has 0 N–H and O–H groups in total. The predicted molar refractivity (Wildman–Crippen MR) is 57.2 cm³/mol. The number of hydrogen-bond acceptors (Lipinski definition) is 3. The molecule has 1 unspecified atom stereocenters. The quantitative estimate of drug-likeness (QED) is 0.544. The smallest absolute Gasteiger partial charge is 0.257 e. The van der Waals surface area contributed by atoms with Crippen LogP contribution in [0.3, 0.4) is 0 Å². The highest BCUT2D eigenvalue weighted by molar-refractivity contribution is 5.55. The summed E-state index contributed by atoms with van der Waals surface area (Å²) in [6, 6.07) is 0.288. The molecule has 4 nitrogen and oxygen atoms in total. The van der Waals surface area contributed by atoms with Gasteiger partial charge in [-0.3, -0.25) is 9.38 Å². The molecule has 1 fully saturated rings. The number of carbonyl (C=O) groups excluding carboxylic acids is 1. The Bertz CT molecular complexity index is 260. The van der Waals surface area contributed by atoms with Gasteiger partial charge in [0.1, 0.15) is 6.54 Å². The predicted octanol–water partition coefficient (Wildman–Crippen LogP) is 0.279. The zero-order valence-electron chi connectivity index (χ0n) is 10.4. The van der Waals surface area contributed by atoms with E-state index in [0.29, 0.717) is 13.1 Å². The van der Waals surface area contributed by atoms with Gasteiger partial charge in [-0.1, -0.05) is 0 Å². The van der Waals surface area contributed by atoms with Gasteiger partial charge in [0.15, 0.2) is 0 Å². The van der Waals surface area contributed by atoms with Crippen molar-refractivity contribution in [1.82, 2.24) is 4.90 Å². The second-order valence-corrected chi connectivity index (χ2v) is 5.64. The Balaban J connectivity index is 3.00. The van der Waals surface area contributed by atoms with Crippen molar-refractivity contribution >= 4 is 6.09 Å². The first-order valence-electron chi connectivity index (χ1n) is 5.50. The number of hydrogen-bond donors (Lipinski definition) is 0. The second-order valence-electron chi connectivity index (χ2n) is 5.64. The van der Waals surface area contributed by atoms with Gasteiger partial charge in [-0.25, -0.2) is 0 Å². The van der Waals surface area contributed by atoms with E-state index in [2.05, 4.69) is 11.8 Å². The highest BCUT2D eigenvalue weighted by Gasteiger charge is 2.46. The summed E-state index contributed by atoms with van der Waals surface area (Å²) in [5, 5.41) is 11.4. The molecule has 1 saturated heterocycles. The van der Waals surface area contributed by atoms with E-state index in [1.54, 1.807) is 0 Å². The van der Waals surface area contributed by atoms with Gasteiger partial charge in [0.25, 0.3) is 6.09 Å². The maximum absolute atomic E-state index is 11.4. The van der Waals surface area contributed by atoms with Crippen molar-refractivity contribution in [3.8, 4) is 0 Å². The molecule has 0 aromatic heterocycles. The average Bonchev–Trinajstić information content (AvgIpc) is 2.07.